The molecule has 1 N–H and O–H groups in total. The predicted octanol–water partition coefficient (Wildman–Crippen LogP) is 2.99. The quantitative estimate of drug-likeness (QED) is 0.887. The van der Waals surface area contributed by atoms with Gasteiger partial charge in [0.25, 0.3) is 0 Å². The largest absolute Gasteiger partial charge is 0.365 e. The van der Waals surface area contributed by atoms with Gasteiger partial charge in [0.2, 0.25) is 0 Å². The van der Waals surface area contributed by atoms with E-state index in [1.54, 1.807) is 0 Å². The van der Waals surface area contributed by atoms with Crippen molar-refractivity contribution in [3.8, 4) is 0 Å². The second-order valence-electron chi connectivity index (χ2n) is 3.78. The van der Waals surface area contributed by atoms with Gasteiger partial charge in [0.15, 0.2) is 0 Å². The minimum atomic E-state index is 0.733. The first-order chi connectivity index (χ1) is 7.65. The van der Waals surface area contributed by atoms with Gasteiger partial charge in [0.1, 0.15) is 5.82 Å². The molecule has 16 heavy (non-hydrogen) atoms. The molecule has 2 rings (SSSR count). The highest BCUT2D eigenvalue weighted by Gasteiger charge is 2.00. The van der Waals surface area contributed by atoms with Crippen LogP contribution in [0.5, 0.6) is 0 Å². The standard InChI is InChI=1S/C12H14ClN3/c1-9-6-12(15-16(9)2)14-8-10-4-3-5-11(13)7-10/h3-7H,8H2,1-2H3,(H,14,15). The topological polar surface area (TPSA) is 29.9 Å². The Morgan fingerprint density at radius 3 is 2.81 bits per heavy atom. The molecule has 0 amide bonds. The van der Waals surface area contributed by atoms with Gasteiger partial charge in [0, 0.05) is 30.4 Å². The highest BCUT2D eigenvalue weighted by Crippen LogP contribution is 2.13. The lowest BCUT2D eigenvalue weighted by atomic mass is 10.2. The van der Waals surface area contributed by atoms with Crippen molar-refractivity contribution in [2.24, 2.45) is 7.05 Å². The Labute approximate surface area is 100 Å². The third-order valence-electron chi connectivity index (χ3n) is 2.48. The number of benzene rings is 1. The van der Waals surface area contributed by atoms with E-state index in [1.165, 1.54) is 0 Å². The molecule has 1 aromatic heterocycles. The number of anilines is 1. The van der Waals surface area contributed by atoms with Gasteiger partial charge in [-0.15, -0.1) is 0 Å². The Bertz CT molecular complexity index is 471. The Morgan fingerprint density at radius 1 is 1.38 bits per heavy atom. The average Bonchev–Trinajstić information content (AvgIpc) is 2.56. The molecule has 0 aliphatic heterocycles. The molecule has 0 fully saturated rings. The van der Waals surface area contributed by atoms with E-state index in [9.17, 15) is 0 Å². The fourth-order valence-electron chi connectivity index (χ4n) is 1.49. The monoisotopic (exact) mass is 235 g/mol. The van der Waals surface area contributed by atoms with E-state index in [0.717, 1.165) is 28.6 Å². The first-order valence-electron chi connectivity index (χ1n) is 5.14. The number of rotatable bonds is 3. The van der Waals surface area contributed by atoms with Crippen LogP contribution in [-0.2, 0) is 13.6 Å². The van der Waals surface area contributed by atoms with Gasteiger partial charge in [-0.1, -0.05) is 23.7 Å². The zero-order chi connectivity index (χ0) is 11.5. The van der Waals surface area contributed by atoms with Gasteiger partial charge in [-0.3, -0.25) is 4.68 Å². The second kappa shape index (κ2) is 4.58. The molecule has 84 valence electrons. The van der Waals surface area contributed by atoms with Gasteiger partial charge in [-0.25, -0.2) is 0 Å². The molecule has 0 saturated carbocycles. The zero-order valence-corrected chi connectivity index (χ0v) is 10.1. The van der Waals surface area contributed by atoms with Crippen molar-refractivity contribution in [3.63, 3.8) is 0 Å². The molecular formula is C12H14ClN3. The lowest BCUT2D eigenvalue weighted by molar-refractivity contribution is 0.741. The van der Waals surface area contributed by atoms with Crippen molar-refractivity contribution >= 4 is 17.4 Å². The summed E-state index contributed by atoms with van der Waals surface area (Å²) in [5, 5.41) is 8.34. The summed E-state index contributed by atoms with van der Waals surface area (Å²) in [7, 11) is 1.93. The predicted molar refractivity (Wildman–Crippen MR) is 66.7 cm³/mol. The SMILES string of the molecule is Cc1cc(NCc2cccc(Cl)c2)nn1C. The molecule has 4 heteroatoms. The van der Waals surface area contributed by atoms with Crippen LogP contribution >= 0.6 is 11.6 Å². The third kappa shape index (κ3) is 2.55. The summed E-state index contributed by atoms with van der Waals surface area (Å²) >= 11 is 5.91. The number of nitrogens with one attached hydrogen (secondary N) is 1. The van der Waals surface area contributed by atoms with E-state index in [-0.39, 0.29) is 0 Å². The van der Waals surface area contributed by atoms with Crippen LogP contribution in [-0.4, -0.2) is 9.78 Å². The van der Waals surface area contributed by atoms with Gasteiger partial charge < -0.3 is 5.32 Å². The Kier molecular flexibility index (Phi) is 3.15. The van der Waals surface area contributed by atoms with E-state index >= 15 is 0 Å². The molecule has 0 bridgehead atoms. The van der Waals surface area contributed by atoms with E-state index in [2.05, 4.69) is 10.4 Å². The fourth-order valence-corrected chi connectivity index (χ4v) is 1.70. The third-order valence-corrected chi connectivity index (χ3v) is 2.71. The molecule has 1 heterocycles. The number of nitrogens with zero attached hydrogens (tertiary/aromatic N) is 2. The summed E-state index contributed by atoms with van der Waals surface area (Å²) in [6, 6.07) is 9.82. The summed E-state index contributed by atoms with van der Waals surface area (Å²) in [5.41, 5.74) is 2.28. The lowest BCUT2D eigenvalue weighted by Gasteiger charge is -2.03. The van der Waals surface area contributed by atoms with E-state index < -0.39 is 0 Å². The maximum Gasteiger partial charge on any atom is 0.148 e. The molecule has 2 aromatic rings. The van der Waals surface area contributed by atoms with Gasteiger partial charge in [-0.05, 0) is 24.6 Å². The Hall–Kier alpha value is -1.48. The van der Waals surface area contributed by atoms with E-state index in [1.807, 2.05) is 49.0 Å². The maximum absolute atomic E-state index is 5.91. The molecule has 0 aliphatic carbocycles. The number of aromatic nitrogens is 2. The van der Waals surface area contributed by atoms with Crippen molar-refractivity contribution in [2.75, 3.05) is 5.32 Å². The van der Waals surface area contributed by atoms with Crippen LogP contribution in [0.3, 0.4) is 0 Å². The molecule has 1 aromatic carbocycles. The first kappa shape index (κ1) is 11.0. The van der Waals surface area contributed by atoms with Crippen LogP contribution in [0, 0.1) is 6.92 Å². The molecule has 0 spiro atoms. The van der Waals surface area contributed by atoms with Crippen molar-refractivity contribution in [1.29, 1.82) is 0 Å². The zero-order valence-electron chi connectivity index (χ0n) is 9.37. The molecular weight excluding hydrogens is 222 g/mol. The van der Waals surface area contributed by atoms with Crippen LogP contribution < -0.4 is 5.32 Å². The highest BCUT2D eigenvalue weighted by atomic mass is 35.5. The Balaban J connectivity index is 2.02. The maximum atomic E-state index is 5.91. The van der Waals surface area contributed by atoms with Crippen molar-refractivity contribution in [3.05, 3.63) is 46.6 Å². The van der Waals surface area contributed by atoms with Crippen LogP contribution in [0.25, 0.3) is 0 Å². The fraction of sp³-hybridized carbons (Fsp3) is 0.250. The molecule has 0 saturated heterocycles. The summed E-state index contributed by atoms with van der Waals surface area (Å²) < 4.78 is 1.85. The summed E-state index contributed by atoms with van der Waals surface area (Å²) in [4.78, 5) is 0. The van der Waals surface area contributed by atoms with Crippen molar-refractivity contribution in [1.82, 2.24) is 9.78 Å². The number of hydrogen-bond donors (Lipinski definition) is 1. The number of aryl methyl sites for hydroxylation is 2. The average molecular weight is 236 g/mol. The Morgan fingerprint density at radius 2 is 2.19 bits per heavy atom. The highest BCUT2D eigenvalue weighted by molar-refractivity contribution is 6.30. The minimum Gasteiger partial charge on any atom is -0.365 e. The van der Waals surface area contributed by atoms with Gasteiger partial charge in [-0.2, -0.15) is 5.10 Å². The first-order valence-corrected chi connectivity index (χ1v) is 5.52. The summed E-state index contributed by atoms with van der Waals surface area (Å²) in [6.07, 6.45) is 0. The smallest absolute Gasteiger partial charge is 0.148 e. The molecule has 0 unspecified atom stereocenters. The lowest BCUT2D eigenvalue weighted by Crippen LogP contribution is -2.00. The van der Waals surface area contributed by atoms with Crippen LogP contribution in [0.2, 0.25) is 5.02 Å². The summed E-state index contributed by atoms with van der Waals surface area (Å²) in [5.74, 6) is 0.889. The van der Waals surface area contributed by atoms with Gasteiger partial charge >= 0.3 is 0 Å². The van der Waals surface area contributed by atoms with Crippen molar-refractivity contribution in [2.45, 2.75) is 13.5 Å². The number of halogens is 1. The second-order valence-corrected chi connectivity index (χ2v) is 4.21. The van der Waals surface area contributed by atoms with Crippen LogP contribution in [0.4, 0.5) is 5.82 Å². The normalized spacial score (nSPS) is 10.4. The van der Waals surface area contributed by atoms with E-state index in [4.69, 9.17) is 11.6 Å². The van der Waals surface area contributed by atoms with Gasteiger partial charge in [0.05, 0.1) is 0 Å². The van der Waals surface area contributed by atoms with Crippen LogP contribution in [0.15, 0.2) is 30.3 Å². The molecule has 0 atom stereocenters. The summed E-state index contributed by atoms with van der Waals surface area (Å²) in [6.45, 7) is 2.76. The molecule has 3 nitrogen and oxygen atoms in total. The molecule has 0 aliphatic rings. The number of hydrogen-bond acceptors (Lipinski definition) is 2. The molecule has 0 radical (unpaired) electrons. The van der Waals surface area contributed by atoms with Crippen molar-refractivity contribution < 1.29 is 0 Å². The van der Waals surface area contributed by atoms with Crippen LogP contribution in [0.1, 0.15) is 11.3 Å². The minimum absolute atomic E-state index is 0.733. The van der Waals surface area contributed by atoms with E-state index in [0.29, 0.717) is 0 Å².